The van der Waals surface area contributed by atoms with Crippen LogP contribution in [0.1, 0.15) is 12.5 Å². The van der Waals surface area contributed by atoms with Crippen LogP contribution in [0.25, 0.3) is 0 Å². The van der Waals surface area contributed by atoms with Crippen molar-refractivity contribution >= 4 is 5.69 Å². The molecule has 1 atom stereocenters. The fourth-order valence-corrected chi connectivity index (χ4v) is 1.15. The zero-order valence-electron chi connectivity index (χ0n) is 7.61. The predicted octanol–water partition coefficient (Wildman–Crippen LogP) is 1.66. The van der Waals surface area contributed by atoms with E-state index in [-0.39, 0.29) is 17.7 Å². The number of halogens is 1. The summed E-state index contributed by atoms with van der Waals surface area (Å²) in [6, 6.07) is 3.28. The lowest BCUT2D eigenvalue weighted by Crippen LogP contribution is -2.06. The van der Waals surface area contributed by atoms with Gasteiger partial charge in [-0.2, -0.15) is 0 Å². The number of rotatable bonds is 3. The van der Waals surface area contributed by atoms with E-state index in [1.807, 2.05) is 0 Å². The molecule has 0 fully saturated rings. The summed E-state index contributed by atoms with van der Waals surface area (Å²) in [7, 11) is 0. The fourth-order valence-electron chi connectivity index (χ4n) is 1.15. The van der Waals surface area contributed by atoms with Crippen molar-refractivity contribution in [1.82, 2.24) is 0 Å². The van der Waals surface area contributed by atoms with Gasteiger partial charge < -0.3 is 5.11 Å². The molecule has 1 aromatic rings. The molecule has 1 rings (SSSR count). The Kier molecular flexibility index (Phi) is 3.14. The highest BCUT2D eigenvalue weighted by molar-refractivity contribution is 5.35. The van der Waals surface area contributed by atoms with E-state index in [0.29, 0.717) is 0 Å². The number of nitrogens with zero attached hydrogens (tertiary/aromatic N) is 1. The average Bonchev–Trinajstić information content (AvgIpc) is 2.07. The quantitative estimate of drug-likeness (QED) is 0.594. The van der Waals surface area contributed by atoms with Gasteiger partial charge in [0.15, 0.2) is 0 Å². The molecule has 0 unspecified atom stereocenters. The summed E-state index contributed by atoms with van der Waals surface area (Å²) in [4.78, 5) is 9.78. The van der Waals surface area contributed by atoms with Crippen molar-refractivity contribution in [3.8, 4) is 0 Å². The van der Waals surface area contributed by atoms with Crippen LogP contribution in [0.2, 0.25) is 0 Å². The molecule has 0 saturated carbocycles. The monoisotopic (exact) mass is 199 g/mol. The lowest BCUT2D eigenvalue weighted by molar-refractivity contribution is -0.385. The van der Waals surface area contributed by atoms with E-state index >= 15 is 0 Å². The molecule has 0 amide bonds. The van der Waals surface area contributed by atoms with E-state index in [4.69, 9.17) is 5.11 Å². The van der Waals surface area contributed by atoms with Crippen LogP contribution in [-0.4, -0.2) is 16.1 Å². The summed E-state index contributed by atoms with van der Waals surface area (Å²) >= 11 is 0. The second-order valence-corrected chi connectivity index (χ2v) is 3.09. The Hall–Kier alpha value is -1.49. The zero-order chi connectivity index (χ0) is 10.7. The minimum Gasteiger partial charge on any atom is -0.393 e. The SMILES string of the molecule is C[C@@H](O)Cc1cc([N+](=O)[O-])ccc1F. The number of aliphatic hydroxyl groups is 1. The topological polar surface area (TPSA) is 63.4 Å². The number of nitro benzene ring substituents is 1. The zero-order valence-corrected chi connectivity index (χ0v) is 7.61. The Bertz CT molecular complexity index is 352. The molecule has 14 heavy (non-hydrogen) atoms. The molecule has 0 spiro atoms. The van der Waals surface area contributed by atoms with Crippen LogP contribution in [0, 0.1) is 15.9 Å². The number of benzene rings is 1. The van der Waals surface area contributed by atoms with Gasteiger partial charge in [0.1, 0.15) is 5.82 Å². The van der Waals surface area contributed by atoms with Crippen LogP contribution in [-0.2, 0) is 6.42 Å². The average molecular weight is 199 g/mol. The Morgan fingerprint density at radius 1 is 1.64 bits per heavy atom. The van der Waals surface area contributed by atoms with Crippen LogP contribution in [0.4, 0.5) is 10.1 Å². The van der Waals surface area contributed by atoms with Crippen LogP contribution in [0.5, 0.6) is 0 Å². The van der Waals surface area contributed by atoms with E-state index in [1.165, 1.54) is 6.92 Å². The third kappa shape index (κ3) is 2.50. The van der Waals surface area contributed by atoms with Gasteiger partial charge in [-0.25, -0.2) is 4.39 Å². The van der Waals surface area contributed by atoms with E-state index in [9.17, 15) is 14.5 Å². The maximum atomic E-state index is 13.1. The van der Waals surface area contributed by atoms with Gasteiger partial charge in [-0.1, -0.05) is 0 Å². The Morgan fingerprint density at radius 2 is 2.29 bits per heavy atom. The highest BCUT2D eigenvalue weighted by atomic mass is 19.1. The largest absolute Gasteiger partial charge is 0.393 e. The lowest BCUT2D eigenvalue weighted by atomic mass is 10.1. The van der Waals surface area contributed by atoms with Crippen molar-refractivity contribution < 1.29 is 14.4 Å². The van der Waals surface area contributed by atoms with Crippen molar-refractivity contribution in [2.75, 3.05) is 0 Å². The molecule has 0 aliphatic rings. The van der Waals surface area contributed by atoms with Crippen molar-refractivity contribution in [3.05, 3.63) is 39.7 Å². The Morgan fingerprint density at radius 3 is 2.79 bits per heavy atom. The van der Waals surface area contributed by atoms with Crippen molar-refractivity contribution in [2.24, 2.45) is 0 Å². The Balaban J connectivity index is 3.02. The summed E-state index contributed by atoms with van der Waals surface area (Å²) in [6.45, 7) is 1.50. The van der Waals surface area contributed by atoms with Crippen molar-refractivity contribution in [2.45, 2.75) is 19.4 Å². The molecule has 0 heterocycles. The predicted molar refractivity (Wildman–Crippen MR) is 48.4 cm³/mol. The van der Waals surface area contributed by atoms with E-state index in [1.54, 1.807) is 0 Å². The molecule has 76 valence electrons. The molecular formula is C9H10FNO3. The summed E-state index contributed by atoms with van der Waals surface area (Å²) in [5, 5.41) is 19.4. The summed E-state index contributed by atoms with van der Waals surface area (Å²) in [6.07, 6.45) is -0.639. The van der Waals surface area contributed by atoms with Crippen molar-refractivity contribution in [3.63, 3.8) is 0 Å². The summed E-state index contributed by atoms with van der Waals surface area (Å²) in [5.74, 6) is -0.531. The van der Waals surface area contributed by atoms with E-state index in [2.05, 4.69) is 0 Å². The molecule has 5 heteroatoms. The molecule has 0 aromatic heterocycles. The lowest BCUT2D eigenvalue weighted by Gasteiger charge is -2.04. The second-order valence-electron chi connectivity index (χ2n) is 3.09. The van der Waals surface area contributed by atoms with Crippen LogP contribution >= 0.6 is 0 Å². The highest BCUT2D eigenvalue weighted by Gasteiger charge is 2.11. The van der Waals surface area contributed by atoms with E-state index in [0.717, 1.165) is 18.2 Å². The third-order valence-corrected chi connectivity index (χ3v) is 1.76. The first kappa shape index (κ1) is 10.6. The van der Waals surface area contributed by atoms with Crippen LogP contribution < -0.4 is 0 Å². The number of nitro groups is 1. The highest BCUT2D eigenvalue weighted by Crippen LogP contribution is 2.17. The molecular weight excluding hydrogens is 189 g/mol. The summed E-state index contributed by atoms with van der Waals surface area (Å²) < 4.78 is 13.1. The first-order chi connectivity index (χ1) is 6.50. The first-order valence-corrected chi connectivity index (χ1v) is 4.11. The van der Waals surface area contributed by atoms with Gasteiger partial charge in [0.25, 0.3) is 5.69 Å². The molecule has 4 nitrogen and oxygen atoms in total. The van der Waals surface area contributed by atoms with Gasteiger partial charge in [-0.3, -0.25) is 10.1 Å². The maximum Gasteiger partial charge on any atom is 0.269 e. The van der Waals surface area contributed by atoms with Gasteiger partial charge >= 0.3 is 0 Å². The number of non-ortho nitro benzene ring substituents is 1. The maximum absolute atomic E-state index is 13.1. The number of hydrogen-bond acceptors (Lipinski definition) is 3. The second kappa shape index (κ2) is 4.15. The smallest absolute Gasteiger partial charge is 0.269 e. The number of hydrogen-bond donors (Lipinski definition) is 1. The molecule has 0 aliphatic carbocycles. The third-order valence-electron chi connectivity index (χ3n) is 1.76. The molecule has 1 N–H and O–H groups in total. The number of aliphatic hydroxyl groups excluding tert-OH is 1. The molecule has 0 bridgehead atoms. The molecule has 1 aromatic carbocycles. The van der Waals surface area contributed by atoms with Gasteiger partial charge in [0.2, 0.25) is 0 Å². The Labute approximate surface area is 80.1 Å². The molecule has 0 radical (unpaired) electrons. The molecule has 0 saturated heterocycles. The van der Waals surface area contributed by atoms with Gasteiger partial charge in [-0.05, 0) is 18.6 Å². The standard InChI is InChI=1S/C9H10FNO3/c1-6(12)4-7-5-8(11(13)14)2-3-9(7)10/h2-3,5-6,12H,4H2,1H3/t6-/m1/s1. The minimum atomic E-state index is -0.716. The molecule has 0 aliphatic heterocycles. The van der Waals surface area contributed by atoms with Gasteiger partial charge in [0.05, 0.1) is 11.0 Å². The minimum absolute atomic E-state index is 0.0769. The van der Waals surface area contributed by atoms with Gasteiger partial charge in [0, 0.05) is 18.6 Å². The summed E-state index contributed by atoms with van der Waals surface area (Å²) in [5.41, 5.74) is -0.00347. The van der Waals surface area contributed by atoms with Crippen LogP contribution in [0.15, 0.2) is 18.2 Å². The van der Waals surface area contributed by atoms with Gasteiger partial charge in [-0.15, -0.1) is 0 Å². The van der Waals surface area contributed by atoms with Crippen LogP contribution in [0.3, 0.4) is 0 Å². The van der Waals surface area contributed by atoms with E-state index < -0.39 is 16.8 Å². The van der Waals surface area contributed by atoms with Crippen molar-refractivity contribution in [1.29, 1.82) is 0 Å². The fraction of sp³-hybridized carbons (Fsp3) is 0.333. The normalized spacial score (nSPS) is 12.5. The first-order valence-electron chi connectivity index (χ1n) is 4.11.